The van der Waals surface area contributed by atoms with Gasteiger partial charge in [-0.05, 0) is 12.5 Å². The zero-order valence-electron chi connectivity index (χ0n) is 8.40. The van der Waals surface area contributed by atoms with Crippen LogP contribution in [0.4, 0.5) is 0 Å². The normalized spacial score (nSPS) is 19.7. The lowest BCUT2D eigenvalue weighted by atomic mass is 10.1. The topological polar surface area (TPSA) is 96.3 Å². The Morgan fingerprint density at radius 2 is 2.33 bits per heavy atom. The fraction of sp³-hybridized carbons (Fsp3) is 0.375. The Morgan fingerprint density at radius 3 is 2.80 bits per heavy atom. The number of rotatable bonds is 3. The Bertz CT molecular complexity index is 348. The molecule has 0 aliphatic carbocycles. The van der Waals surface area contributed by atoms with E-state index in [1.54, 1.807) is 6.92 Å². The molecule has 0 saturated carbocycles. The second-order valence-electron chi connectivity index (χ2n) is 3.14. The molecule has 0 radical (unpaired) electrons. The van der Waals surface area contributed by atoms with E-state index in [1.807, 2.05) is 0 Å². The number of nitro groups is 1. The lowest BCUT2D eigenvalue weighted by molar-refractivity contribution is -0.419. The third-order valence-electron chi connectivity index (χ3n) is 1.83. The molecule has 82 valence electrons. The van der Waals surface area contributed by atoms with E-state index >= 15 is 0 Å². The number of nitrogens with zero attached hydrogens (tertiary/aromatic N) is 1. The van der Waals surface area contributed by atoms with Crippen LogP contribution in [0.15, 0.2) is 23.5 Å². The van der Waals surface area contributed by atoms with Gasteiger partial charge < -0.3 is 5.32 Å². The molecule has 1 amide bonds. The van der Waals surface area contributed by atoms with Crippen molar-refractivity contribution in [3.63, 3.8) is 0 Å². The van der Waals surface area contributed by atoms with Crippen LogP contribution in [0.3, 0.4) is 0 Å². The maximum Gasteiger partial charge on any atom is 0.285 e. The predicted octanol–water partition coefficient (Wildman–Crippen LogP) is -0.379. The summed E-state index contributed by atoms with van der Waals surface area (Å²) in [5, 5.41) is 13.2. The van der Waals surface area contributed by atoms with Gasteiger partial charge in [0.1, 0.15) is 6.17 Å². The highest BCUT2D eigenvalue weighted by Gasteiger charge is 2.18. The van der Waals surface area contributed by atoms with E-state index in [0.717, 1.165) is 5.57 Å². The lowest BCUT2D eigenvalue weighted by Gasteiger charge is -2.22. The molecule has 1 aliphatic rings. The first-order chi connectivity index (χ1) is 7.00. The van der Waals surface area contributed by atoms with E-state index in [-0.39, 0.29) is 17.8 Å². The summed E-state index contributed by atoms with van der Waals surface area (Å²) in [7, 11) is 0. The molecule has 0 aromatic rings. The minimum absolute atomic E-state index is 0.00613. The van der Waals surface area contributed by atoms with Crippen LogP contribution < -0.4 is 16.2 Å². The molecule has 1 heterocycles. The van der Waals surface area contributed by atoms with Gasteiger partial charge in [-0.3, -0.25) is 20.3 Å². The van der Waals surface area contributed by atoms with Crippen molar-refractivity contribution in [1.82, 2.24) is 16.2 Å². The SMILES string of the molecule is CC(=O)NNC1NC=C([N+](=O)[O-])C=C1C. The van der Waals surface area contributed by atoms with Crippen LogP contribution in [0.25, 0.3) is 0 Å². The summed E-state index contributed by atoms with van der Waals surface area (Å²) in [6.45, 7) is 3.09. The van der Waals surface area contributed by atoms with E-state index in [1.165, 1.54) is 19.2 Å². The van der Waals surface area contributed by atoms with Gasteiger partial charge in [0.05, 0.1) is 11.1 Å². The molecule has 0 aromatic heterocycles. The fourth-order valence-corrected chi connectivity index (χ4v) is 1.09. The van der Waals surface area contributed by atoms with Crippen LogP contribution in [-0.2, 0) is 4.79 Å². The van der Waals surface area contributed by atoms with Crippen LogP contribution >= 0.6 is 0 Å². The second-order valence-corrected chi connectivity index (χ2v) is 3.14. The molecule has 0 saturated heterocycles. The fourth-order valence-electron chi connectivity index (χ4n) is 1.09. The Balaban J connectivity index is 2.59. The minimum atomic E-state index is -0.481. The van der Waals surface area contributed by atoms with Gasteiger partial charge in [-0.15, -0.1) is 0 Å². The number of carbonyl (C=O) groups excluding carboxylic acids is 1. The molecule has 0 fully saturated rings. The van der Waals surface area contributed by atoms with Crippen molar-refractivity contribution in [1.29, 1.82) is 0 Å². The summed E-state index contributed by atoms with van der Waals surface area (Å²) >= 11 is 0. The van der Waals surface area contributed by atoms with E-state index < -0.39 is 4.92 Å². The van der Waals surface area contributed by atoms with Crippen LogP contribution in [-0.4, -0.2) is 17.0 Å². The molecule has 0 spiro atoms. The van der Waals surface area contributed by atoms with E-state index in [0.29, 0.717) is 0 Å². The average Bonchev–Trinajstić information content (AvgIpc) is 2.15. The number of nitrogens with one attached hydrogen (secondary N) is 3. The summed E-state index contributed by atoms with van der Waals surface area (Å²) in [6.07, 6.45) is 2.40. The summed E-state index contributed by atoms with van der Waals surface area (Å²) in [4.78, 5) is 20.6. The van der Waals surface area contributed by atoms with Crippen molar-refractivity contribution in [2.45, 2.75) is 20.0 Å². The van der Waals surface area contributed by atoms with Gasteiger partial charge in [-0.25, -0.2) is 5.43 Å². The van der Waals surface area contributed by atoms with Gasteiger partial charge in [-0.2, -0.15) is 0 Å². The number of hydrogen-bond donors (Lipinski definition) is 3. The van der Waals surface area contributed by atoms with Crippen LogP contribution in [0, 0.1) is 10.1 Å². The highest BCUT2D eigenvalue weighted by Crippen LogP contribution is 2.10. The maximum absolute atomic E-state index is 10.6. The summed E-state index contributed by atoms with van der Waals surface area (Å²) in [5.41, 5.74) is 5.80. The minimum Gasteiger partial charge on any atom is -0.365 e. The molecule has 1 rings (SSSR count). The van der Waals surface area contributed by atoms with Gasteiger partial charge in [0.15, 0.2) is 0 Å². The van der Waals surface area contributed by atoms with Gasteiger partial charge in [0, 0.05) is 13.0 Å². The second kappa shape index (κ2) is 4.56. The summed E-state index contributed by atoms with van der Waals surface area (Å²) < 4.78 is 0. The highest BCUT2D eigenvalue weighted by atomic mass is 16.6. The van der Waals surface area contributed by atoms with E-state index in [9.17, 15) is 14.9 Å². The molecule has 1 aliphatic heterocycles. The molecule has 1 unspecified atom stereocenters. The summed E-state index contributed by atoms with van der Waals surface area (Å²) in [5.74, 6) is -0.228. The molecule has 7 heteroatoms. The first-order valence-electron chi connectivity index (χ1n) is 4.31. The van der Waals surface area contributed by atoms with Gasteiger partial charge in [0.2, 0.25) is 5.91 Å². The molecule has 15 heavy (non-hydrogen) atoms. The molecule has 1 atom stereocenters. The van der Waals surface area contributed by atoms with Gasteiger partial charge in [-0.1, -0.05) is 0 Å². The molecular formula is C8H12N4O3. The predicted molar refractivity (Wildman–Crippen MR) is 52.7 cm³/mol. The molecule has 7 nitrogen and oxygen atoms in total. The zero-order chi connectivity index (χ0) is 11.4. The van der Waals surface area contributed by atoms with Crippen molar-refractivity contribution in [3.05, 3.63) is 33.7 Å². The number of allylic oxidation sites excluding steroid dienone is 1. The molecule has 0 aromatic carbocycles. The highest BCUT2D eigenvalue weighted by molar-refractivity contribution is 5.72. The molecule has 3 N–H and O–H groups in total. The zero-order valence-corrected chi connectivity index (χ0v) is 8.40. The quantitative estimate of drug-likeness (QED) is 0.437. The third-order valence-corrected chi connectivity index (χ3v) is 1.83. The Hall–Kier alpha value is -1.89. The van der Waals surface area contributed by atoms with Crippen LogP contribution in [0.5, 0.6) is 0 Å². The van der Waals surface area contributed by atoms with Crippen molar-refractivity contribution in [2.24, 2.45) is 0 Å². The first-order valence-corrected chi connectivity index (χ1v) is 4.31. The smallest absolute Gasteiger partial charge is 0.285 e. The lowest BCUT2D eigenvalue weighted by Crippen LogP contribution is -2.51. The first kappa shape index (κ1) is 11.2. The standard InChI is InChI=1S/C8H12N4O3/c1-5-3-7(12(14)15)4-9-8(5)11-10-6(2)13/h3-4,8-9,11H,1-2H3,(H,10,13). The van der Waals surface area contributed by atoms with Crippen molar-refractivity contribution >= 4 is 5.91 Å². The average molecular weight is 212 g/mol. The van der Waals surface area contributed by atoms with Crippen LogP contribution in [0.1, 0.15) is 13.8 Å². The number of carbonyl (C=O) groups is 1. The number of dihydropyridines is 1. The Morgan fingerprint density at radius 1 is 1.67 bits per heavy atom. The number of hydrogen-bond acceptors (Lipinski definition) is 5. The van der Waals surface area contributed by atoms with Crippen molar-refractivity contribution < 1.29 is 9.72 Å². The third kappa shape index (κ3) is 3.06. The van der Waals surface area contributed by atoms with Gasteiger partial charge >= 0.3 is 0 Å². The monoisotopic (exact) mass is 212 g/mol. The van der Waals surface area contributed by atoms with Crippen molar-refractivity contribution in [3.8, 4) is 0 Å². The molecule has 0 bridgehead atoms. The maximum atomic E-state index is 10.6. The Kier molecular flexibility index (Phi) is 3.40. The van der Waals surface area contributed by atoms with Gasteiger partial charge in [0.25, 0.3) is 5.70 Å². The van der Waals surface area contributed by atoms with Crippen LogP contribution in [0.2, 0.25) is 0 Å². The van der Waals surface area contributed by atoms with E-state index in [2.05, 4.69) is 16.2 Å². The molecular weight excluding hydrogens is 200 g/mol. The number of amides is 1. The van der Waals surface area contributed by atoms with E-state index in [4.69, 9.17) is 0 Å². The number of hydrazine groups is 1. The Labute approximate surface area is 86.3 Å². The summed E-state index contributed by atoms with van der Waals surface area (Å²) in [6, 6.07) is 0. The van der Waals surface area contributed by atoms with Crippen molar-refractivity contribution in [2.75, 3.05) is 0 Å². The largest absolute Gasteiger partial charge is 0.365 e.